The van der Waals surface area contributed by atoms with E-state index in [2.05, 4.69) is 37.5 Å². The molecule has 1 aliphatic rings. The molecule has 47 heavy (non-hydrogen) atoms. The Morgan fingerprint density at radius 1 is 1.21 bits per heavy atom. The number of pyridine rings is 1. The first-order chi connectivity index (χ1) is 22.2. The highest BCUT2D eigenvalue weighted by Crippen LogP contribution is 2.41. The van der Waals surface area contributed by atoms with Crippen molar-refractivity contribution < 1.29 is 31.5 Å². The van der Waals surface area contributed by atoms with Crippen molar-refractivity contribution >= 4 is 29.1 Å². The third-order valence-electron chi connectivity index (χ3n) is 7.40. The molecule has 0 atom stereocenters. The number of allylic oxidation sites excluding steroid dienone is 1. The fraction of sp³-hybridized carbons (Fsp3) is 0.310. The molecule has 0 aliphatic carbocycles. The molecule has 244 valence electrons. The molecule has 1 fully saturated rings. The molecule has 4 heterocycles. The van der Waals surface area contributed by atoms with Crippen LogP contribution in [-0.4, -0.2) is 72.3 Å². The fourth-order valence-electron chi connectivity index (χ4n) is 5.22. The minimum absolute atomic E-state index is 0.00601. The normalized spacial score (nSPS) is 14.0. The van der Waals surface area contributed by atoms with Crippen LogP contribution in [-0.2, 0) is 12.7 Å². The van der Waals surface area contributed by atoms with Gasteiger partial charge >= 0.3 is 12.1 Å². The summed E-state index contributed by atoms with van der Waals surface area (Å²) in [5, 5.41) is 26.0. The molecule has 5 rings (SSSR count). The Labute approximate surface area is 268 Å². The van der Waals surface area contributed by atoms with Crippen LogP contribution in [0.3, 0.4) is 0 Å². The minimum Gasteiger partial charge on any atom is -0.352 e. The fourth-order valence-corrected chi connectivity index (χ4v) is 5.42. The largest absolute Gasteiger partial charge is 0.453 e. The Hall–Kier alpha value is -5.08. The number of nitrogens with one attached hydrogen (secondary N) is 1. The van der Waals surface area contributed by atoms with Gasteiger partial charge in [-0.05, 0) is 47.7 Å². The molecule has 1 aromatic carbocycles. The van der Waals surface area contributed by atoms with Crippen molar-refractivity contribution in [2.75, 3.05) is 19.6 Å². The van der Waals surface area contributed by atoms with Gasteiger partial charge in [-0.25, -0.2) is 32.4 Å². The highest BCUT2D eigenvalue weighted by atomic mass is 35.5. The summed E-state index contributed by atoms with van der Waals surface area (Å²) in [6, 6.07) is 9.00. The number of benzene rings is 1. The molecule has 4 aromatic rings. The van der Waals surface area contributed by atoms with E-state index in [0.717, 1.165) is 10.8 Å². The summed E-state index contributed by atoms with van der Waals surface area (Å²) in [6.45, 7) is 4.35. The molecule has 1 aliphatic heterocycles. The molecular weight excluding hydrogens is 651 g/mol. The van der Waals surface area contributed by atoms with Gasteiger partial charge in [0.2, 0.25) is 0 Å². The zero-order valence-electron chi connectivity index (χ0n) is 24.6. The molecular formula is C29H25ClF5N10O2+. The van der Waals surface area contributed by atoms with Gasteiger partial charge in [0.1, 0.15) is 18.7 Å². The van der Waals surface area contributed by atoms with Gasteiger partial charge in [-0.15, -0.1) is 11.7 Å². The average molecular weight is 676 g/mol. The zero-order valence-corrected chi connectivity index (χ0v) is 25.4. The summed E-state index contributed by atoms with van der Waals surface area (Å²) in [6.07, 6.45) is -3.65. The van der Waals surface area contributed by atoms with Crippen LogP contribution in [0.4, 0.5) is 27.6 Å². The van der Waals surface area contributed by atoms with E-state index in [1.165, 1.54) is 36.5 Å². The lowest BCUT2D eigenvalue weighted by Crippen LogP contribution is -2.39. The van der Waals surface area contributed by atoms with Gasteiger partial charge in [-0.2, -0.15) is 23.5 Å². The summed E-state index contributed by atoms with van der Waals surface area (Å²) in [5.41, 5.74) is 0.510. The molecule has 0 spiro atoms. The maximum Gasteiger partial charge on any atom is 0.453 e. The number of carbonyl (C=O) groups excluding carboxylic acids is 2. The number of aryl methyl sites for hydroxylation is 1. The first kappa shape index (κ1) is 33.3. The smallest absolute Gasteiger partial charge is 0.352 e. The number of alkyl halides is 5. The Morgan fingerprint density at radius 2 is 1.96 bits per heavy atom. The average Bonchev–Trinajstić information content (AvgIpc) is 3.46. The molecule has 12 nitrogen and oxygen atoms in total. The van der Waals surface area contributed by atoms with Crippen molar-refractivity contribution in [3.63, 3.8) is 0 Å². The molecule has 2 amide bonds. The third-order valence-corrected chi connectivity index (χ3v) is 7.69. The second-order valence-electron chi connectivity index (χ2n) is 10.8. The molecule has 1 N–H and O–H groups in total. The van der Waals surface area contributed by atoms with Crippen molar-refractivity contribution in [1.82, 2.24) is 44.8 Å². The Morgan fingerprint density at radius 3 is 2.60 bits per heavy atom. The SMILES string of the molecule is C=CCC(F)(F)CCNC(=O)c1cc(C#N)cc(C)c1[N+]1(C(=O)c2cc(Cn3nnnc3C(F)(F)F)nn2-c2ncccc2Cl)CC1. The maximum absolute atomic E-state index is 14.5. The van der Waals surface area contributed by atoms with Crippen LogP contribution in [0.5, 0.6) is 0 Å². The van der Waals surface area contributed by atoms with Crippen molar-refractivity contribution in [1.29, 1.82) is 5.26 Å². The standard InChI is InChI=1S/C29H24ClF5N10O2/c1-3-6-28(31,32)7-9-38-25(46)20-13-18(15-36)12-17(2)23(20)45(10-11-45)26(47)22-14-19(16-43-27(29(33,34)35)39-41-42-43)40-44(22)24-21(30)5-4-8-37-24/h3-5,8,12-14H,1,6-7,9-11,16H2,2H3/p+1. The van der Waals surface area contributed by atoms with Crippen LogP contribution in [0, 0.1) is 18.3 Å². The molecule has 0 bridgehead atoms. The van der Waals surface area contributed by atoms with Crippen LogP contribution in [0.2, 0.25) is 5.02 Å². The van der Waals surface area contributed by atoms with Gasteiger partial charge in [0.25, 0.3) is 17.7 Å². The third kappa shape index (κ3) is 6.74. The number of nitriles is 1. The first-order valence-corrected chi connectivity index (χ1v) is 14.4. The minimum atomic E-state index is -4.87. The van der Waals surface area contributed by atoms with Gasteiger partial charge in [0.05, 0.1) is 28.9 Å². The molecule has 18 heteroatoms. The van der Waals surface area contributed by atoms with Gasteiger partial charge in [-0.3, -0.25) is 4.79 Å². The van der Waals surface area contributed by atoms with Crippen LogP contribution in [0.15, 0.2) is 49.2 Å². The Balaban J connectivity index is 1.56. The number of aromatic nitrogens is 7. The Bertz CT molecular complexity index is 1910. The van der Waals surface area contributed by atoms with Gasteiger partial charge in [0, 0.05) is 31.1 Å². The molecule has 0 radical (unpaired) electrons. The summed E-state index contributed by atoms with van der Waals surface area (Å²) in [4.78, 5) is 32.1. The maximum atomic E-state index is 14.5. The van der Waals surface area contributed by atoms with Crippen molar-refractivity contribution in [3.05, 3.63) is 88.1 Å². The lowest BCUT2D eigenvalue weighted by Gasteiger charge is -2.21. The number of carbonyl (C=O) groups is 2. The van der Waals surface area contributed by atoms with Crippen LogP contribution >= 0.6 is 11.6 Å². The predicted molar refractivity (Wildman–Crippen MR) is 157 cm³/mol. The predicted octanol–water partition coefficient (Wildman–Crippen LogP) is 4.65. The number of hydrogen-bond donors (Lipinski definition) is 1. The van der Waals surface area contributed by atoms with Gasteiger partial charge in [-0.1, -0.05) is 17.7 Å². The quantitative estimate of drug-likeness (QED) is 0.105. The molecule has 0 unspecified atom stereocenters. The van der Waals surface area contributed by atoms with E-state index in [0.29, 0.717) is 10.2 Å². The topological polar surface area (TPSA) is 144 Å². The lowest BCUT2D eigenvalue weighted by atomic mass is 10.0. The highest BCUT2D eigenvalue weighted by Gasteiger charge is 2.56. The van der Waals surface area contributed by atoms with E-state index >= 15 is 0 Å². The number of nitrogens with zero attached hydrogens (tertiary/aromatic N) is 9. The number of hydrogen-bond acceptors (Lipinski definition) is 8. The van der Waals surface area contributed by atoms with Crippen molar-refractivity contribution in [3.8, 4) is 11.9 Å². The van der Waals surface area contributed by atoms with E-state index in [-0.39, 0.29) is 52.1 Å². The van der Waals surface area contributed by atoms with Gasteiger partial charge < -0.3 is 5.32 Å². The number of quaternary nitrogens is 1. The first-order valence-electron chi connectivity index (χ1n) is 14.0. The van der Waals surface area contributed by atoms with Crippen LogP contribution < -0.4 is 9.80 Å². The van der Waals surface area contributed by atoms with Crippen LogP contribution in [0.1, 0.15) is 56.3 Å². The monoisotopic (exact) mass is 675 g/mol. The van der Waals surface area contributed by atoms with E-state index in [1.54, 1.807) is 6.92 Å². The van der Waals surface area contributed by atoms with Gasteiger partial charge in [0.15, 0.2) is 17.2 Å². The number of tetrazole rings is 1. The number of halogens is 6. The second-order valence-corrected chi connectivity index (χ2v) is 11.2. The highest BCUT2D eigenvalue weighted by molar-refractivity contribution is 6.32. The second kappa shape index (κ2) is 12.6. The lowest BCUT2D eigenvalue weighted by molar-refractivity contribution is -0.147. The molecule has 1 saturated heterocycles. The summed E-state index contributed by atoms with van der Waals surface area (Å²) >= 11 is 6.38. The summed E-state index contributed by atoms with van der Waals surface area (Å²) < 4.78 is 69.6. The zero-order chi connectivity index (χ0) is 34.1. The van der Waals surface area contributed by atoms with E-state index in [4.69, 9.17) is 11.6 Å². The summed E-state index contributed by atoms with van der Waals surface area (Å²) in [7, 11) is 0. The van der Waals surface area contributed by atoms with Crippen molar-refractivity contribution in [2.24, 2.45) is 0 Å². The molecule has 0 saturated carbocycles. The summed E-state index contributed by atoms with van der Waals surface area (Å²) in [5.74, 6) is -5.86. The molecule has 3 aromatic heterocycles. The van der Waals surface area contributed by atoms with E-state index in [9.17, 15) is 36.8 Å². The number of amides is 2. The van der Waals surface area contributed by atoms with Crippen molar-refractivity contribution in [2.45, 2.75) is 38.4 Å². The van der Waals surface area contributed by atoms with Crippen LogP contribution in [0.25, 0.3) is 5.82 Å². The van der Waals surface area contributed by atoms with E-state index in [1.807, 2.05) is 6.07 Å². The number of rotatable bonds is 11. The Kier molecular flexibility index (Phi) is 8.93. The van der Waals surface area contributed by atoms with E-state index < -0.39 is 60.2 Å².